The SMILES string of the molecule is COc1cccc(OC)c1C(c1ccc(C)s1)N1CCCNCC1. The Morgan fingerprint density at radius 2 is 1.79 bits per heavy atom. The molecule has 1 aromatic carbocycles. The predicted octanol–water partition coefficient (Wildman–Crippen LogP) is 3.46. The number of ether oxygens (including phenoxy) is 2. The van der Waals surface area contributed by atoms with E-state index < -0.39 is 0 Å². The summed E-state index contributed by atoms with van der Waals surface area (Å²) in [5, 5.41) is 3.50. The average molecular weight is 346 g/mol. The highest BCUT2D eigenvalue weighted by atomic mass is 32.1. The Balaban J connectivity index is 2.11. The predicted molar refractivity (Wildman–Crippen MR) is 99.5 cm³/mol. The van der Waals surface area contributed by atoms with Crippen molar-refractivity contribution >= 4 is 11.3 Å². The minimum Gasteiger partial charge on any atom is -0.496 e. The summed E-state index contributed by atoms with van der Waals surface area (Å²) in [7, 11) is 3.47. The van der Waals surface area contributed by atoms with Crippen molar-refractivity contribution < 1.29 is 9.47 Å². The van der Waals surface area contributed by atoms with Gasteiger partial charge in [0.25, 0.3) is 0 Å². The lowest BCUT2D eigenvalue weighted by Gasteiger charge is -2.32. The molecule has 2 aromatic rings. The normalized spacial score (nSPS) is 17.3. The van der Waals surface area contributed by atoms with Crippen LogP contribution in [-0.2, 0) is 0 Å². The van der Waals surface area contributed by atoms with Gasteiger partial charge in [-0.2, -0.15) is 0 Å². The van der Waals surface area contributed by atoms with Gasteiger partial charge in [0.2, 0.25) is 0 Å². The molecule has 130 valence electrons. The fourth-order valence-electron chi connectivity index (χ4n) is 3.38. The van der Waals surface area contributed by atoms with Gasteiger partial charge in [0, 0.05) is 29.4 Å². The summed E-state index contributed by atoms with van der Waals surface area (Å²) in [6.45, 7) is 6.33. The van der Waals surface area contributed by atoms with Crippen LogP contribution in [-0.4, -0.2) is 45.3 Å². The van der Waals surface area contributed by atoms with Crippen LogP contribution in [0.3, 0.4) is 0 Å². The number of benzene rings is 1. The maximum Gasteiger partial charge on any atom is 0.127 e. The summed E-state index contributed by atoms with van der Waals surface area (Å²) in [5.74, 6) is 1.78. The van der Waals surface area contributed by atoms with Crippen molar-refractivity contribution in [3.8, 4) is 11.5 Å². The lowest BCUT2D eigenvalue weighted by atomic mass is 10.0. The minimum absolute atomic E-state index is 0.162. The first-order valence-corrected chi connectivity index (χ1v) is 9.28. The molecule has 0 spiro atoms. The lowest BCUT2D eigenvalue weighted by Crippen LogP contribution is -2.33. The molecular weight excluding hydrogens is 320 g/mol. The Morgan fingerprint density at radius 1 is 1.04 bits per heavy atom. The molecule has 1 saturated heterocycles. The molecule has 24 heavy (non-hydrogen) atoms. The second-order valence-corrected chi connectivity index (χ2v) is 7.39. The lowest BCUT2D eigenvalue weighted by molar-refractivity contribution is 0.233. The maximum absolute atomic E-state index is 5.70. The molecule has 1 unspecified atom stereocenters. The van der Waals surface area contributed by atoms with E-state index in [9.17, 15) is 0 Å². The van der Waals surface area contributed by atoms with Crippen LogP contribution in [0.15, 0.2) is 30.3 Å². The number of hydrogen-bond donors (Lipinski definition) is 1. The third kappa shape index (κ3) is 3.58. The first-order valence-electron chi connectivity index (χ1n) is 8.46. The minimum atomic E-state index is 0.162. The van der Waals surface area contributed by atoms with Crippen LogP contribution in [0.5, 0.6) is 11.5 Å². The van der Waals surface area contributed by atoms with E-state index in [0.717, 1.165) is 49.7 Å². The van der Waals surface area contributed by atoms with E-state index in [-0.39, 0.29) is 6.04 Å². The van der Waals surface area contributed by atoms with Crippen LogP contribution < -0.4 is 14.8 Å². The molecule has 0 bridgehead atoms. The maximum atomic E-state index is 5.70. The van der Waals surface area contributed by atoms with E-state index in [4.69, 9.17) is 9.47 Å². The second-order valence-electron chi connectivity index (χ2n) is 6.07. The number of methoxy groups -OCH3 is 2. The van der Waals surface area contributed by atoms with Crippen molar-refractivity contribution in [2.45, 2.75) is 19.4 Å². The average Bonchev–Trinajstić information content (AvgIpc) is 2.86. The molecule has 0 aliphatic carbocycles. The van der Waals surface area contributed by atoms with Gasteiger partial charge in [-0.1, -0.05) is 6.07 Å². The fourth-order valence-corrected chi connectivity index (χ4v) is 4.40. The van der Waals surface area contributed by atoms with Gasteiger partial charge in [0.05, 0.1) is 25.8 Å². The van der Waals surface area contributed by atoms with E-state index in [1.807, 2.05) is 29.5 Å². The number of aryl methyl sites for hydroxylation is 1. The highest BCUT2D eigenvalue weighted by Gasteiger charge is 2.29. The third-order valence-corrected chi connectivity index (χ3v) is 5.56. The summed E-state index contributed by atoms with van der Waals surface area (Å²) >= 11 is 1.86. The zero-order valence-corrected chi connectivity index (χ0v) is 15.5. The van der Waals surface area contributed by atoms with Crippen molar-refractivity contribution in [3.05, 3.63) is 45.6 Å². The number of nitrogens with zero attached hydrogens (tertiary/aromatic N) is 1. The number of nitrogens with one attached hydrogen (secondary N) is 1. The zero-order valence-electron chi connectivity index (χ0n) is 14.7. The Bertz CT molecular complexity index is 641. The molecule has 0 saturated carbocycles. The molecular formula is C19H26N2O2S. The molecule has 4 nitrogen and oxygen atoms in total. The molecule has 0 radical (unpaired) electrons. The monoisotopic (exact) mass is 346 g/mol. The quantitative estimate of drug-likeness (QED) is 0.899. The van der Waals surface area contributed by atoms with Crippen molar-refractivity contribution in [1.82, 2.24) is 10.2 Å². The first kappa shape index (κ1) is 17.3. The van der Waals surface area contributed by atoms with Crippen LogP contribution in [0.4, 0.5) is 0 Å². The fraction of sp³-hybridized carbons (Fsp3) is 0.474. The van der Waals surface area contributed by atoms with Gasteiger partial charge < -0.3 is 14.8 Å². The summed E-state index contributed by atoms with van der Waals surface area (Å²) in [6, 6.07) is 10.7. The van der Waals surface area contributed by atoms with Crippen molar-refractivity contribution in [2.75, 3.05) is 40.4 Å². The van der Waals surface area contributed by atoms with E-state index in [0.29, 0.717) is 0 Å². The zero-order chi connectivity index (χ0) is 16.9. The molecule has 1 atom stereocenters. The van der Waals surface area contributed by atoms with Gasteiger partial charge in [-0.3, -0.25) is 4.90 Å². The van der Waals surface area contributed by atoms with Crippen molar-refractivity contribution in [2.24, 2.45) is 0 Å². The molecule has 1 aliphatic heterocycles. The first-order chi connectivity index (χ1) is 11.7. The summed E-state index contributed by atoms with van der Waals surface area (Å²) in [5.41, 5.74) is 1.13. The van der Waals surface area contributed by atoms with Crippen molar-refractivity contribution in [3.63, 3.8) is 0 Å². The van der Waals surface area contributed by atoms with Crippen molar-refractivity contribution in [1.29, 1.82) is 0 Å². The van der Waals surface area contributed by atoms with E-state index in [1.54, 1.807) is 14.2 Å². The molecule has 1 aromatic heterocycles. The summed E-state index contributed by atoms with van der Waals surface area (Å²) in [6.07, 6.45) is 1.15. The van der Waals surface area contributed by atoms with Gasteiger partial charge in [-0.25, -0.2) is 0 Å². The summed E-state index contributed by atoms with van der Waals surface area (Å²) < 4.78 is 11.4. The van der Waals surface area contributed by atoms with E-state index in [1.165, 1.54) is 9.75 Å². The van der Waals surface area contributed by atoms with Crippen LogP contribution in [0, 0.1) is 6.92 Å². The summed E-state index contributed by atoms with van der Waals surface area (Å²) in [4.78, 5) is 5.22. The Kier molecular flexibility index (Phi) is 5.76. The molecule has 0 amide bonds. The second kappa shape index (κ2) is 8.01. The standard InChI is InChI=1S/C19H26N2O2S/c1-14-8-9-17(24-14)19(21-12-5-10-20-11-13-21)18-15(22-2)6-4-7-16(18)23-3/h4,6-9,19-20H,5,10-13H2,1-3H3. The van der Waals surface area contributed by atoms with Crippen LogP contribution >= 0.6 is 11.3 Å². The van der Waals surface area contributed by atoms with Crippen LogP contribution in [0.2, 0.25) is 0 Å². The molecule has 1 N–H and O–H groups in total. The van der Waals surface area contributed by atoms with E-state index >= 15 is 0 Å². The largest absolute Gasteiger partial charge is 0.496 e. The molecule has 3 rings (SSSR count). The highest BCUT2D eigenvalue weighted by molar-refractivity contribution is 7.12. The number of thiophene rings is 1. The Morgan fingerprint density at radius 3 is 2.42 bits per heavy atom. The van der Waals surface area contributed by atoms with E-state index in [2.05, 4.69) is 29.3 Å². The van der Waals surface area contributed by atoms with Gasteiger partial charge in [0.15, 0.2) is 0 Å². The van der Waals surface area contributed by atoms with Gasteiger partial charge in [-0.05, 0) is 44.2 Å². The molecule has 5 heteroatoms. The molecule has 1 fully saturated rings. The molecule has 1 aliphatic rings. The van der Waals surface area contributed by atoms with Gasteiger partial charge >= 0.3 is 0 Å². The van der Waals surface area contributed by atoms with Crippen LogP contribution in [0.25, 0.3) is 0 Å². The highest BCUT2D eigenvalue weighted by Crippen LogP contribution is 2.42. The number of hydrogen-bond acceptors (Lipinski definition) is 5. The number of rotatable bonds is 5. The van der Waals surface area contributed by atoms with Crippen LogP contribution in [0.1, 0.15) is 27.8 Å². The molecule has 2 heterocycles. The Hall–Kier alpha value is -1.56. The smallest absolute Gasteiger partial charge is 0.127 e. The third-order valence-electron chi connectivity index (χ3n) is 4.51. The Labute approximate surface area is 148 Å². The van der Waals surface area contributed by atoms with Gasteiger partial charge in [-0.15, -0.1) is 11.3 Å². The topological polar surface area (TPSA) is 33.7 Å². The van der Waals surface area contributed by atoms with Gasteiger partial charge in [0.1, 0.15) is 11.5 Å².